The average molecular weight is 406 g/mol. The molecule has 0 unspecified atom stereocenters. The van der Waals surface area contributed by atoms with Gasteiger partial charge in [-0.15, -0.1) is 0 Å². The van der Waals surface area contributed by atoms with E-state index in [0.717, 1.165) is 18.4 Å². The van der Waals surface area contributed by atoms with Gasteiger partial charge in [-0.1, -0.05) is 96.0 Å². The van der Waals surface area contributed by atoms with Gasteiger partial charge in [-0.25, -0.2) is 9.59 Å². The van der Waals surface area contributed by atoms with Gasteiger partial charge >= 0.3 is 12.1 Å². The number of alkyl carbamates (subject to hydrolysis) is 1. The number of hydrogen-bond donors (Lipinski definition) is 1. The molecule has 0 aromatic heterocycles. The molecule has 0 bridgehead atoms. The highest BCUT2D eigenvalue weighted by Crippen LogP contribution is 2.09. The summed E-state index contributed by atoms with van der Waals surface area (Å²) in [4.78, 5) is 24.6. The number of carbonyl (C=O) groups excluding carboxylic acids is 2. The summed E-state index contributed by atoms with van der Waals surface area (Å²) in [6.45, 7) is 6.86. The molecule has 0 radical (unpaired) electrons. The van der Waals surface area contributed by atoms with Crippen LogP contribution in [0.4, 0.5) is 4.79 Å². The summed E-state index contributed by atoms with van der Waals surface area (Å²) in [5.74, 6) is -0.166. The minimum Gasteiger partial charge on any atom is -0.464 e. The first-order valence-electron chi connectivity index (χ1n) is 11.2. The number of esters is 1. The Balaban J connectivity index is 2.39. The van der Waals surface area contributed by atoms with Crippen molar-refractivity contribution in [2.24, 2.45) is 5.92 Å². The van der Waals surface area contributed by atoms with Crippen molar-refractivity contribution in [1.29, 1.82) is 0 Å². The van der Waals surface area contributed by atoms with Crippen LogP contribution < -0.4 is 5.32 Å². The van der Waals surface area contributed by atoms with Crippen LogP contribution in [0.1, 0.15) is 77.7 Å². The van der Waals surface area contributed by atoms with Gasteiger partial charge in [0.25, 0.3) is 0 Å². The van der Waals surface area contributed by atoms with Crippen molar-refractivity contribution in [3.63, 3.8) is 0 Å². The van der Waals surface area contributed by atoms with Gasteiger partial charge < -0.3 is 14.8 Å². The Hall–Kier alpha value is -2.04. The first kappa shape index (κ1) is 25.0. The Morgan fingerprint density at radius 2 is 1.52 bits per heavy atom. The van der Waals surface area contributed by atoms with Gasteiger partial charge in [-0.3, -0.25) is 0 Å². The maximum atomic E-state index is 12.5. The van der Waals surface area contributed by atoms with Crippen LogP contribution >= 0.6 is 0 Å². The Labute approximate surface area is 176 Å². The third kappa shape index (κ3) is 12.9. The van der Waals surface area contributed by atoms with E-state index in [1.807, 2.05) is 44.2 Å². The summed E-state index contributed by atoms with van der Waals surface area (Å²) in [6.07, 6.45) is 9.31. The molecule has 0 aliphatic rings. The topological polar surface area (TPSA) is 64.6 Å². The molecular weight excluding hydrogens is 366 g/mol. The predicted molar refractivity (Wildman–Crippen MR) is 117 cm³/mol. The van der Waals surface area contributed by atoms with E-state index in [1.54, 1.807) is 0 Å². The van der Waals surface area contributed by atoms with E-state index in [0.29, 0.717) is 19.6 Å². The first-order chi connectivity index (χ1) is 14.0. The first-order valence-corrected chi connectivity index (χ1v) is 11.2. The molecule has 1 N–H and O–H groups in total. The zero-order valence-corrected chi connectivity index (χ0v) is 18.5. The number of hydrogen-bond acceptors (Lipinski definition) is 4. The summed E-state index contributed by atoms with van der Waals surface area (Å²) >= 11 is 0. The molecule has 29 heavy (non-hydrogen) atoms. The molecule has 1 atom stereocenters. The lowest BCUT2D eigenvalue weighted by Gasteiger charge is -2.18. The van der Waals surface area contributed by atoms with Crippen LogP contribution in [0.3, 0.4) is 0 Å². The van der Waals surface area contributed by atoms with Crippen molar-refractivity contribution >= 4 is 12.1 Å². The molecule has 164 valence electrons. The lowest BCUT2D eigenvalue weighted by atomic mass is 10.1. The Bertz CT molecular complexity index is 559. The minimum absolute atomic E-state index is 0.238. The highest BCUT2D eigenvalue weighted by molar-refractivity contribution is 5.81. The van der Waals surface area contributed by atoms with Crippen molar-refractivity contribution in [3.05, 3.63) is 35.9 Å². The van der Waals surface area contributed by atoms with Crippen LogP contribution in [-0.4, -0.2) is 31.3 Å². The number of carbonyl (C=O) groups is 2. The van der Waals surface area contributed by atoms with Crippen LogP contribution in [0.5, 0.6) is 0 Å². The number of ether oxygens (including phenoxy) is 2. The van der Waals surface area contributed by atoms with E-state index >= 15 is 0 Å². The number of nitrogens with one attached hydrogen (secondary N) is 1. The zero-order chi connectivity index (χ0) is 21.3. The van der Waals surface area contributed by atoms with Crippen molar-refractivity contribution in [1.82, 2.24) is 5.32 Å². The number of rotatable bonds is 15. The van der Waals surface area contributed by atoms with Crippen molar-refractivity contribution < 1.29 is 19.1 Å². The Morgan fingerprint density at radius 1 is 0.897 bits per heavy atom. The van der Waals surface area contributed by atoms with E-state index in [9.17, 15) is 9.59 Å². The minimum atomic E-state index is -0.744. The van der Waals surface area contributed by atoms with Gasteiger partial charge in [0.1, 0.15) is 6.04 Å². The molecule has 0 spiro atoms. The van der Waals surface area contributed by atoms with E-state index in [4.69, 9.17) is 9.47 Å². The third-order valence-corrected chi connectivity index (χ3v) is 4.65. The maximum Gasteiger partial charge on any atom is 0.407 e. The maximum absolute atomic E-state index is 12.5. The third-order valence-electron chi connectivity index (χ3n) is 4.65. The van der Waals surface area contributed by atoms with Gasteiger partial charge in [0.2, 0.25) is 0 Å². The molecule has 0 heterocycles. The second kappa shape index (κ2) is 15.8. The van der Waals surface area contributed by atoms with Crippen LogP contribution in [-0.2, 0) is 20.7 Å². The molecule has 0 saturated carbocycles. The quantitative estimate of drug-likeness (QED) is 0.302. The molecule has 1 aromatic rings. The molecule has 0 fully saturated rings. The van der Waals surface area contributed by atoms with Crippen LogP contribution in [0.15, 0.2) is 30.3 Å². The fourth-order valence-electron chi connectivity index (χ4n) is 2.98. The summed E-state index contributed by atoms with van der Waals surface area (Å²) in [6, 6.07) is 8.86. The molecule has 1 amide bonds. The fraction of sp³-hybridized carbons (Fsp3) is 0.667. The lowest BCUT2D eigenvalue weighted by molar-refractivity contribution is -0.146. The molecule has 1 aromatic carbocycles. The normalized spacial score (nSPS) is 11.9. The van der Waals surface area contributed by atoms with E-state index in [2.05, 4.69) is 12.2 Å². The second-order valence-electron chi connectivity index (χ2n) is 8.02. The van der Waals surface area contributed by atoms with E-state index in [1.165, 1.54) is 38.5 Å². The van der Waals surface area contributed by atoms with Gasteiger partial charge in [0, 0.05) is 6.42 Å². The van der Waals surface area contributed by atoms with Crippen LogP contribution in [0.2, 0.25) is 0 Å². The number of unbranched alkanes of at least 4 members (excludes halogenated alkanes) is 7. The second-order valence-corrected chi connectivity index (χ2v) is 8.02. The highest BCUT2D eigenvalue weighted by atomic mass is 16.6. The zero-order valence-electron chi connectivity index (χ0n) is 18.5. The van der Waals surface area contributed by atoms with Crippen LogP contribution in [0, 0.1) is 5.92 Å². The molecule has 0 aliphatic carbocycles. The lowest BCUT2D eigenvalue weighted by Crippen LogP contribution is -2.44. The summed E-state index contributed by atoms with van der Waals surface area (Å²) in [5, 5.41) is 2.67. The number of amides is 1. The largest absolute Gasteiger partial charge is 0.464 e. The SMILES string of the molecule is CCCCCCCCCCOC(=O)[C@H](Cc1ccccc1)NC(=O)OCC(C)C. The monoisotopic (exact) mass is 405 g/mol. The molecule has 5 nitrogen and oxygen atoms in total. The van der Waals surface area contributed by atoms with Gasteiger partial charge in [0.05, 0.1) is 13.2 Å². The van der Waals surface area contributed by atoms with Gasteiger partial charge in [-0.05, 0) is 17.9 Å². The summed E-state index contributed by atoms with van der Waals surface area (Å²) in [5.41, 5.74) is 0.964. The summed E-state index contributed by atoms with van der Waals surface area (Å²) < 4.78 is 10.6. The Kier molecular flexibility index (Phi) is 13.6. The van der Waals surface area contributed by atoms with E-state index in [-0.39, 0.29) is 5.92 Å². The number of benzene rings is 1. The fourth-order valence-corrected chi connectivity index (χ4v) is 2.98. The van der Waals surface area contributed by atoms with Crippen molar-refractivity contribution in [3.8, 4) is 0 Å². The standard InChI is InChI=1S/C24H39NO4/c1-4-5-6-7-8-9-10-14-17-28-23(26)22(18-21-15-12-11-13-16-21)25-24(27)29-19-20(2)3/h11-13,15-16,20,22H,4-10,14,17-19H2,1-3H3,(H,25,27)/t22-/m0/s1. The van der Waals surface area contributed by atoms with Gasteiger partial charge in [0.15, 0.2) is 0 Å². The van der Waals surface area contributed by atoms with Crippen molar-refractivity contribution in [2.75, 3.05) is 13.2 Å². The van der Waals surface area contributed by atoms with Crippen LogP contribution in [0.25, 0.3) is 0 Å². The predicted octanol–water partition coefficient (Wildman–Crippen LogP) is 5.66. The highest BCUT2D eigenvalue weighted by Gasteiger charge is 2.23. The molecular formula is C24H39NO4. The smallest absolute Gasteiger partial charge is 0.407 e. The van der Waals surface area contributed by atoms with Crippen molar-refractivity contribution in [2.45, 2.75) is 84.6 Å². The summed E-state index contributed by atoms with van der Waals surface area (Å²) in [7, 11) is 0. The Morgan fingerprint density at radius 3 is 2.14 bits per heavy atom. The molecule has 0 aliphatic heterocycles. The molecule has 5 heteroatoms. The average Bonchev–Trinajstić information content (AvgIpc) is 2.71. The van der Waals surface area contributed by atoms with E-state index < -0.39 is 18.1 Å². The molecule has 1 rings (SSSR count). The van der Waals surface area contributed by atoms with Gasteiger partial charge in [-0.2, -0.15) is 0 Å². The molecule has 0 saturated heterocycles.